The molecule has 0 N–H and O–H groups in total. The molecule has 0 aliphatic carbocycles. The van der Waals surface area contributed by atoms with Gasteiger partial charge in [-0.2, -0.15) is 0 Å². The summed E-state index contributed by atoms with van der Waals surface area (Å²) in [5, 5.41) is 10.3. The second-order valence-corrected chi connectivity index (χ2v) is 10.5. The molecule has 0 saturated carbocycles. The third-order valence-electron chi connectivity index (χ3n) is 8.46. The Balaban J connectivity index is 1.67. The van der Waals surface area contributed by atoms with Crippen molar-refractivity contribution in [2.24, 2.45) is 0 Å². The van der Waals surface area contributed by atoms with E-state index in [4.69, 9.17) is 0 Å². The minimum Gasteiger partial charge on any atom is -0.309 e. The molecule has 0 fully saturated rings. The summed E-state index contributed by atoms with van der Waals surface area (Å²) < 4.78 is 4.94. The predicted molar refractivity (Wildman–Crippen MR) is 170 cm³/mol. The van der Waals surface area contributed by atoms with E-state index in [2.05, 4.69) is 155 Å². The topological polar surface area (TPSA) is 9.86 Å². The number of fused-ring (bicyclic) bond motifs is 12. The van der Waals surface area contributed by atoms with Crippen LogP contribution in [-0.2, 0) is 0 Å². The summed E-state index contributed by atoms with van der Waals surface area (Å²) in [5.74, 6) is 0. The van der Waals surface area contributed by atoms with Gasteiger partial charge in [0, 0.05) is 38.3 Å². The molecule has 9 rings (SSSR count). The Bertz CT molecular complexity index is 2410. The molecule has 9 aromatic rings. The number of benzene rings is 7. The molecule has 0 aliphatic heterocycles. The van der Waals surface area contributed by atoms with E-state index in [0.717, 1.165) is 0 Å². The van der Waals surface area contributed by atoms with E-state index in [0.29, 0.717) is 0 Å². The van der Waals surface area contributed by atoms with Crippen molar-refractivity contribution in [1.29, 1.82) is 0 Å². The van der Waals surface area contributed by atoms with Crippen LogP contribution >= 0.6 is 0 Å². The Morgan fingerprint density at radius 1 is 0.275 bits per heavy atom. The maximum atomic E-state index is 2.48. The molecule has 0 radical (unpaired) electrons. The van der Waals surface area contributed by atoms with Crippen LogP contribution in [0.15, 0.2) is 146 Å². The SMILES string of the molecule is c1ccc(-n2c3ccccc3c3ccc4c(c5c6ccccc6c6ccccc6c5n4-c4ccccc4)c32)cc1. The first-order valence-electron chi connectivity index (χ1n) is 13.8. The van der Waals surface area contributed by atoms with E-state index in [1.807, 2.05) is 0 Å². The summed E-state index contributed by atoms with van der Waals surface area (Å²) in [6.45, 7) is 0. The first-order chi connectivity index (χ1) is 19.9. The normalized spacial score (nSPS) is 12.0. The smallest absolute Gasteiger partial charge is 0.0641 e. The van der Waals surface area contributed by atoms with Crippen LogP contribution in [-0.4, -0.2) is 9.13 Å². The first-order valence-corrected chi connectivity index (χ1v) is 13.8. The van der Waals surface area contributed by atoms with Gasteiger partial charge in [0.05, 0.1) is 22.1 Å². The fraction of sp³-hybridized carbons (Fsp3) is 0. The quantitative estimate of drug-likeness (QED) is 0.206. The zero-order valence-corrected chi connectivity index (χ0v) is 21.8. The number of para-hydroxylation sites is 3. The number of hydrogen-bond acceptors (Lipinski definition) is 0. The van der Waals surface area contributed by atoms with Gasteiger partial charge in [-0.25, -0.2) is 0 Å². The lowest BCUT2D eigenvalue weighted by molar-refractivity contribution is 1.18. The van der Waals surface area contributed by atoms with Gasteiger partial charge in [0.15, 0.2) is 0 Å². The first kappa shape index (κ1) is 21.6. The molecule has 0 spiro atoms. The van der Waals surface area contributed by atoms with Crippen LogP contribution in [0, 0.1) is 0 Å². The van der Waals surface area contributed by atoms with Gasteiger partial charge in [-0.3, -0.25) is 0 Å². The molecular weight excluding hydrogens is 484 g/mol. The molecule has 0 atom stereocenters. The summed E-state index contributed by atoms with van der Waals surface area (Å²) >= 11 is 0. The molecule has 0 saturated heterocycles. The van der Waals surface area contributed by atoms with Crippen LogP contribution in [0.3, 0.4) is 0 Å². The lowest BCUT2D eigenvalue weighted by atomic mass is 9.96. The Labute approximate surface area is 230 Å². The maximum Gasteiger partial charge on any atom is 0.0641 e. The average Bonchev–Trinajstić information content (AvgIpc) is 3.56. The molecule has 2 heterocycles. The highest BCUT2D eigenvalue weighted by atomic mass is 15.0. The second kappa shape index (κ2) is 8.08. The van der Waals surface area contributed by atoms with Crippen LogP contribution in [0.1, 0.15) is 0 Å². The van der Waals surface area contributed by atoms with Crippen molar-refractivity contribution >= 4 is 65.2 Å². The fourth-order valence-corrected chi connectivity index (χ4v) is 6.90. The number of rotatable bonds is 2. The highest BCUT2D eigenvalue weighted by molar-refractivity contribution is 6.37. The van der Waals surface area contributed by atoms with Crippen molar-refractivity contribution in [3.63, 3.8) is 0 Å². The molecular formula is C38H24N2. The standard InChI is InChI=1S/C38H24N2/c1-3-13-25(14-4-1)39-33-22-12-11-19-29(33)32-23-24-34-36(38(32)39)35-30-20-9-7-17-27(30)28-18-8-10-21-31(28)37(35)40(34)26-15-5-2-6-16-26/h1-24H. The third kappa shape index (κ3) is 2.77. The van der Waals surface area contributed by atoms with E-state index in [1.165, 1.54) is 76.5 Å². The van der Waals surface area contributed by atoms with E-state index in [9.17, 15) is 0 Å². The van der Waals surface area contributed by atoms with Gasteiger partial charge in [-0.15, -0.1) is 0 Å². The Morgan fingerprint density at radius 2 is 0.725 bits per heavy atom. The second-order valence-electron chi connectivity index (χ2n) is 10.5. The largest absolute Gasteiger partial charge is 0.309 e. The molecule has 2 aromatic heterocycles. The minimum absolute atomic E-state index is 1.17. The fourth-order valence-electron chi connectivity index (χ4n) is 6.90. The summed E-state index contributed by atoms with van der Waals surface area (Å²) in [4.78, 5) is 0. The zero-order valence-electron chi connectivity index (χ0n) is 21.8. The highest BCUT2D eigenvalue weighted by Gasteiger charge is 2.23. The van der Waals surface area contributed by atoms with Crippen molar-refractivity contribution < 1.29 is 0 Å². The molecule has 40 heavy (non-hydrogen) atoms. The van der Waals surface area contributed by atoms with Crippen LogP contribution in [0.25, 0.3) is 76.5 Å². The van der Waals surface area contributed by atoms with Crippen molar-refractivity contribution in [2.75, 3.05) is 0 Å². The summed E-state index contributed by atoms with van der Waals surface area (Å²) in [7, 11) is 0. The van der Waals surface area contributed by atoms with Gasteiger partial charge in [0.25, 0.3) is 0 Å². The molecule has 7 aromatic carbocycles. The van der Waals surface area contributed by atoms with Gasteiger partial charge in [-0.05, 0) is 52.6 Å². The maximum absolute atomic E-state index is 2.48. The van der Waals surface area contributed by atoms with Crippen molar-refractivity contribution in [2.45, 2.75) is 0 Å². The van der Waals surface area contributed by atoms with Gasteiger partial charge in [0.1, 0.15) is 0 Å². The highest BCUT2D eigenvalue weighted by Crippen LogP contribution is 2.46. The third-order valence-corrected chi connectivity index (χ3v) is 8.46. The molecule has 2 heteroatoms. The van der Waals surface area contributed by atoms with Crippen LogP contribution in [0.5, 0.6) is 0 Å². The average molecular weight is 509 g/mol. The van der Waals surface area contributed by atoms with Crippen molar-refractivity contribution in [3.8, 4) is 11.4 Å². The molecule has 0 aliphatic rings. The molecule has 0 bridgehead atoms. The summed E-state index contributed by atoms with van der Waals surface area (Å²) in [6, 6.07) is 52.8. The monoisotopic (exact) mass is 508 g/mol. The van der Waals surface area contributed by atoms with Crippen molar-refractivity contribution in [1.82, 2.24) is 9.13 Å². The Morgan fingerprint density at radius 3 is 1.40 bits per heavy atom. The van der Waals surface area contributed by atoms with Crippen LogP contribution < -0.4 is 0 Å². The summed E-state index contributed by atoms with van der Waals surface area (Å²) in [6.07, 6.45) is 0. The number of hydrogen-bond donors (Lipinski definition) is 0. The molecule has 0 amide bonds. The lowest BCUT2D eigenvalue weighted by Crippen LogP contribution is -1.95. The predicted octanol–water partition coefficient (Wildman–Crippen LogP) is 10.2. The molecule has 0 unspecified atom stereocenters. The van der Waals surface area contributed by atoms with Crippen LogP contribution in [0.4, 0.5) is 0 Å². The van der Waals surface area contributed by atoms with E-state index in [1.54, 1.807) is 0 Å². The summed E-state index contributed by atoms with van der Waals surface area (Å²) in [5.41, 5.74) is 7.30. The van der Waals surface area contributed by atoms with E-state index >= 15 is 0 Å². The molecule has 186 valence electrons. The van der Waals surface area contributed by atoms with Gasteiger partial charge >= 0.3 is 0 Å². The van der Waals surface area contributed by atoms with E-state index in [-0.39, 0.29) is 0 Å². The molecule has 2 nitrogen and oxygen atoms in total. The van der Waals surface area contributed by atoms with Gasteiger partial charge < -0.3 is 9.13 Å². The van der Waals surface area contributed by atoms with Gasteiger partial charge in [-0.1, -0.05) is 109 Å². The lowest BCUT2D eigenvalue weighted by Gasteiger charge is -2.12. The minimum atomic E-state index is 1.17. The Hall–Kier alpha value is -5.34. The van der Waals surface area contributed by atoms with Crippen molar-refractivity contribution in [3.05, 3.63) is 146 Å². The number of nitrogens with zero attached hydrogens (tertiary/aromatic N) is 2. The van der Waals surface area contributed by atoms with E-state index < -0.39 is 0 Å². The van der Waals surface area contributed by atoms with Crippen LogP contribution in [0.2, 0.25) is 0 Å². The Kier molecular flexibility index (Phi) is 4.36. The zero-order chi connectivity index (χ0) is 26.2. The number of aromatic nitrogens is 2. The van der Waals surface area contributed by atoms with Gasteiger partial charge in [0.2, 0.25) is 0 Å².